The Bertz CT molecular complexity index is 1510. The van der Waals surface area contributed by atoms with Crippen LogP contribution in [0.25, 0.3) is 0 Å². The molecule has 2 atom stereocenters. The van der Waals surface area contributed by atoms with Gasteiger partial charge in [-0.1, -0.05) is 30.3 Å². The van der Waals surface area contributed by atoms with Gasteiger partial charge in [-0.25, -0.2) is 4.39 Å². The number of benzene rings is 2. The average molecular weight is 548 g/mol. The van der Waals surface area contributed by atoms with Crippen LogP contribution < -0.4 is 15.2 Å². The van der Waals surface area contributed by atoms with Gasteiger partial charge in [-0.15, -0.1) is 11.8 Å². The molecule has 0 N–H and O–H groups in total. The molecule has 0 radical (unpaired) electrons. The zero-order valence-electron chi connectivity index (χ0n) is 20.2. The van der Waals surface area contributed by atoms with Crippen molar-refractivity contribution in [3.8, 4) is 5.75 Å². The molecule has 2 aliphatic heterocycles. The van der Waals surface area contributed by atoms with E-state index in [1.54, 1.807) is 24.3 Å². The smallest absolute Gasteiger partial charge is 0.408 e. The van der Waals surface area contributed by atoms with Crippen molar-refractivity contribution in [1.29, 1.82) is 0 Å². The average Bonchev–Trinajstić information content (AvgIpc) is 3.02. The molecule has 2 aromatic carbocycles. The van der Waals surface area contributed by atoms with Crippen molar-refractivity contribution in [2.24, 2.45) is 0 Å². The Kier molecular flexibility index (Phi) is 6.46. The van der Waals surface area contributed by atoms with E-state index in [1.165, 1.54) is 39.8 Å². The molecular weight excluding hydrogens is 526 g/mol. The second-order valence-corrected chi connectivity index (χ2v) is 9.92. The fourth-order valence-electron chi connectivity index (χ4n) is 4.73. The minimum absolute atomic E-state index is 0.278. The van der Waals surface area contributed by atoms with Gasteiger partial charge < -0.3 is 9.64 Å². The number of alkyl halides is 3. The summed E-state index contributed by atoms with van der Waals surface area (Å²) in [7, 11) is 0. The third kappa shape index (κ3) is 4.32. The first kappa shape index (κ1) is 25.8. The van der Waals surface area contributed by atoms with E-state index in [2.05, 4.69) is 0 Å². The first-order chi connectivity index (χ1) is 18.0. The Labute approximate surface area is 218 Å². The monoisotopic (exact) mass is 547 g/mol. The molecule has 1 aromatic heterocycles. The normalized spacial score (nSPS) is 17.7. The summed E-state index contributed by atoms with van der Waals surface area (Å²) in [4.78, 5) is 39.3. The number of hydrogen-bond acceptors (Lipinski definition) is 6. The number of hydrogen-bond donors (Lipinski definition) is 0. The minimum atomic E-state index is -4.79. The summed E-state index contributed by atoms with van der Waals surface area (Å²) in [6.45, 7) is 1.31. The lowest BCUT2D eigenvalue weighted by Crippen LogP contribution is -2.60. The highest BCUT2D eigenvalue weighted by atomic mass is 32.2. The van der Waals surface area contributed by atoms with Gasteiger partial charge in [0.05, 0.1) is 6.04 Å². The lowest BCUT2D eigenvalue weighted by atomic mass is 9.94. The van der Waals surface area contributed by atoms with Crippen molar-refractivity contribution in [2.75, 3.05) is 11.7 Å². The van der Waals surface area contributed by atoms with Crippen LogP contribution in [-0.4, -0.2) is 40.3 Å². The summed E-state index contributed by atoms with van der Waals surface area (Å²) in [5.41, 5.74) is 0.172. The van der Waals surface area contributed by atoms with Crippen LogP contribution in [-0.2, 0) is 10.5 Å². The summed E-state index contributed by atoms with van der Waals surface area (Å²) >= 11 is 1.39. The Morgan fingerprint density at radius 3 is 2.50 bits per heavy atom. The summed E-state index contributed by atoms with van der Waals surface area (Å²) in [5.74, 6) is -2.91. The van der Waals surface area contributed by atoms with Gasteiger partial charge in [0.25, 0.3) is 5.91 Å². The highest BCUT2D eigenvalue weighted by Gasteiger charge is 2.48. The molecule has 5 rings (SSSR count). The zero-order chi connectivity index (χ0) is 27.4. The molecule has 38 heavy (non-hydrogen) atoms. The maximum absolute atomic E-state index is 15.0. The van der Waals surface area contributed by atoms with Crippen LogP contribution in [0.3, 0.4) is 0 Å². The molecule has 1 amide bonds. The van der Waals surface area contributed by atoms with Gasteiger partial charge in [0.1, 0.15) is 18.5 Å². The molecule has 0 saturated heterocycles. The van der Waals surface area contributed by atoms with Gasteiger partial charge in [0.2, 0.25) is 11.2 Å². The number of halogens is 4. The zero-order valence-corrected chi connectivity index (χ0v) is 21.0. The van der Waals surface area contributed by atoms with Crippen molar-refractivity contribution < 1.29 is 31.9 Å². The molecule has 198 valence electrons. The molecule has 0 bridgehead atoms. The fourth-order valence-corrected chi connectivity index (χ4v) is 5.85. The third-order valence-electron chi connectivity index (χ3n) is 6.59. The van der Waals surface area contributed by atoms with Crippen LogP contribution in [0, 0.1) is 5.82 Å². The Morgan fingerprint density at radius 2 is 1.79 bits per heavy atom. The predicted molar refractivity (Wildman–Crippen MR) is 131 cm³/mol. The van der Waals surface area contributed by atoms with E-state index in [1.807, 2.05) is 6.07 Å². The number of carbonyl (C=O) groups excluding carboxylic acids is 2. The maximum Gasteiger partial charge on any atom is 0.408 e. The standard InChI is InChI=1S/C26H21F4N3O4S/c1-14(26(28,29)30)31-13-33(32-11-10-20(35)24(37-15(2)34)23(32)25(31)36)22-16-7-5-8-19(27)18(16)12-38-21-9-4-3-6-17(21)22/h3-11,14,22H,12-13H2,1-2H3/t14-,22-/m0/s1. The maximum atomic E-state index is 15.0. The molecule has 3 heterocycles. The van der Waals surface area contributed by atoms with E-state index in [0.717, 1.165) is 24.8 Å². The van der Waals surface area contributed by atoms with Crippen molar-refractivity contribution in [3.05, 3.63) is 93.2 Å². The van der Waals surface area contributed by atoms with Crippen LogP contribution in [0.4, 0.5) is 17.6 Å². The molecule has 0 unspecified atom stereocenters. The largest absolute Gasteiger partial charge is 0.420 e. The van der Waals surface area contributed by atoms with E-state index < -0.39 is 59.5 Å². The number of nitrogens with zero attached hydrogens (tertiary/aromatic N) is 3. The van der Waals surface area contributed by atoms with Gasteiger partial charge in [0, 0.05) is 35.4 Å². The summed E-state index contributed by atoms with van der Waals surface area (Å²) < 4.78 is 63.1. The van der Waals surface area contributed by atoms with E-state index >= 15 is 4.39 Å². The van der Waals surface area contributed by atoms with Crippen molar-refractivity contribution in [3.63, 3.8) is 0 Å². The SMILES string of the molecule is CC(=O)Oc1c2n(ccc1=O)N([C@@H]1c3ccccc3SCc3c(F)cccc31)CN([C@@H](C)C(F)(F)F)C2=O. The molecule has 3 aromatic rings. The molecular formula is C26H21F4N3O4S. The van der Waals surface area contributed by atoms with Crippen LogP contribution >= 0.6 is 11.8 Å². The molecule has 12 heteroatoms. The van der Waals surface area contributed by atoms with E-state index in [9.17, 15) is 27.6 Å². The topological polar surface area (TPSA) is 71.8 Å². The lowest BCUT2D eigenvalue weighted by molar-refractivity contribution is -0.173. The van der Waals surface area contributed by atoms with Gasteiger partial charge in [-0.3, -0.25) is 24.1 Å². The first-order valence-electron chi connectivity index (χ1n) is 11.6. The second-order valence-electron chi connectivity index (χ2n) is 8.91. The number of esters is 1. The number of ether oxygens (including phenoxy) is 1. The number of pyridine rings is 1. The van der Waals surface area contributed by atoms with Gasteiger partial charge in [-0.2, -0.15) is 13.2 Å². The van der Waals surface area contributed by atoms with Gasteiger partial charge >= 0.3 is 12.1 Å². The number of rotatable bonds is 3. The molecule has 2 aliphatic rings. The number of carbonyl (C=O) groups is 2. The number of aromatic nitrogens is 1. The molecule has 7 nitrogen and oxygen atoms in total. The van der Waals surface area contributed by atoms with Gasteiger partial charge in [-0.05, 0) is 30.2 Å². The third-order valence-corrected chi connectivity index (χ3v) is 7.71. The molecule has 0 spiro atoms. The Morgan fingerprint density at radius 1 is 1.08 bits per heavy atom. The number of fused-ring (bicyclic) bond motifs is 3. The van der Waals surface area contributed by atoms with E-state index in [-0.39, 0.29) is 5.75 Å². The number of amides is 1. The second kappa shape index (κ2) is 9.50. The quantitative estimate of drug-likeness (QED) is 0.353. The predicted octanol–water partition coefficient (Wildman–Crippen LogP) is 4.61. The minimum Gasteiger partial charge on any atom is -0.420 e. The van der Waals surface area contributed by atoms with Crippen molar-refractivity contribution in [2.45, 2.75) is 42.8 Å². The Balaban J connectivity index is 1.81. The van der Waals surface area contributed by atoms with Crippen molar-refractivity contribution in [1.82, 2.24) is 9.58 Å². The first-order valence-corrected chi connectivity index (χ1v) is 12.5. The lowest BCUT2D eigenvalue weighted by Gasteiger charge is -2.46. The van der Waals surface area contributed by atoms with Crippen LogP contribution in [0.15, 0.2) is 64.4 Å². The van der Waals surface area contributed by atoms with Crippen LogP contribution in [0.1, 0.15) is 47.1 Å². The Hall–Kier alpha value is -3.80. The summed E-state index contributed by atoms with van der Waals surface area (Å²) in [5, 5.41) is 1.45. The fraction of sp³-hybridized carbons (Fsp3) is 0.269. The van der Waals surface area contributed by atoms with Crippen LogP contribution in [0.2, 0.25) is 0 Å². The molecule has 0 fully saturated rings. The number of thioether (sulfide) groups is 1. The van der Waals surface area contributed by atoms with Crippen LogP contribution in [0.5, 0.6) is 5.75 Å². The molecule has 0 saturated carbocycles. The van der Waals surface area contributed by atoms with Gasteiger partial charge in [0.15, 0.2) is 5.69 Å². The highest BCUT2D eigenvalue weighted by molar-refractivity contribution is 7.98. The molecule has 0 aliphatic carbocycles. The summed E-state index contributed by atoms with van der Waals surface area (Å²) in [6, 6.07) is 9.67. The van der Waals surface area contributed by atoms with E-state index in [0.29, 0.717) is 21.6 Å². The van der Waals surface area contributed by atoms with E-state index in [4.69, 9.17) is 4.74 Å². The highest BCUT2D eigenvalue weighted by Crippen LogP contribution is 2.44. The van der Waals surface area contributed by atoms with Crippen molar-refractivity contribution >= 4 is 23.6 Å². The summed E-state index contributed by atoms with van der Waals surface area (Å²) in [6.07, 6.45) is -3.54.